The molecular weight excluding hydrogens is 252 g/mol. The second kappa shape index (κ2) is 5.56. The highest BCUT2D eigenvalue weighted by molar-refractivity contribution is 7.12. The monoisotopic (exact) mass is 266 g/mol. The first-order valence-electron chi connectivity index (χ1n) is 5.61. The summed E-state index contributed by atoms with van der Waals surface area (Å²) in [5.41, 5.74) is 1.11. The Labute approximate surface area is 111 Å². The maximum atomic E-state index is 6.47. The van der Waals surface area contributed by atoms with Gasteiger partial charge in [-0.15, -0.1) is 22.9 Å². The van der Waals surface area contributed by atoms with E-state index in [9.17, 15) is 0 Å². The second-order valence-corrected chi connectivity index (χ2v) is 5.43. The van der Waals surface area contributed by atoms with Crippen molar-refractivity contribution in [3.05, 3.63) is 51.7 Å². The average molecular weight is 267 g/mol. The molecule has 0 radical (unpaired) electrons. The van der Waals surface area contributed by atoms with E-state index in [1.807, 2.05) is 24.3 Å². The van der Waals surface area contributed by atoms with Gasteiger partial charge < -0.3 is 4.74 Å². The van der Waals surface area contributed by atoms with E-state index in [4.69, 9.17) is 16.3 Å². The lowest BCUT2D eigenvalue weighted by atomic mass is 10.1. The molecule has 17 heavy (non-hydrogen) atoms. The Kier molecular flexibility index (Phi) is 4.08. The Morgan fingerprint density at radius 2 is 1.88 bits per heavy atom. The number of thiophene rings is 1. The average Bonchev–Trinajstić information content (AvgIpc) is 2.87. The fourth-order valence-electron chi connectivity index (χ4n) is 1.66. The first-order valence-corrected chi connectivity index (χ1v) is 6.86. The van der Waals surface area contributed by atoms with Gasteiger partial charge in [-0.2, -0.15) is 0 Å². The summed E-state index contributed by atoms with van der Waals surface area (Å²) in [6.45, 7) is 2.16. The van der Waals surface area contributed by atoms with Gasteiger partial charge in [0.25, 0.3) is 0 Å². The third kappa shape index (κ3) is 2.82. The molecule has 90 valence electrons. The maximum absolute atomic E-state index is 6.47. The number of aryl methyl sites for hydroxylation is 1. The minimum atomic E-state index is -0.0637. The van der Waals surface area contributed by atoms with Crippen LogP contribution in [0.25, 0.3) is 0 Å². The lowest BCUT2D eigenvalue weighted by Crippen LogP contribution is -1.90. The van der Waals surface area contributed by atoms with Gasteiger partial charge in [-0.05, 0) is 36.2 Å². The van der Waals surface area contributed by atoms with Crippen LogP contribution in [-0.2, 0) is 6.42 Å². The first kappa shape index (κ1) is 12.5. The standard InChI is InChI=1S/C14H15ClOS/c1-3-12-8-9-13(17-12)14(15)10-4-6-11(16-2)7-5-10/h4-9,14H,3H2,1-2H3. The van der Waals surface area contributed by atoms with Crippen LogP contribution < -0.4 is 4.74 Å². The Hall–Kier alpha value is -0.990. The van der Waals surface area contributed by atoms with Crippen molar-refractivity contribution in [1.29, 1.82) is 0 Å². The molecule has 0 saturated heterocycles. The smallest absolute Gasteiger partial charge is 0.118 e. The van der Waals surface area contributed by atoms with Crippen LogP contribution in [0.5, 0.6) is 5.75 Å². The van der Waals surface area contributed by atoms with Crippen molar-refractivity contribution in [3.8, 4) is 5.75 Å². The van der Waals surface area contributed by atoms with Crippen LogP contribution in [0.3, 0.4) is 0 Å². The van der Waals surface area contributed by atoms with Crippen molar-refractivity contribution in [2.75, 3.05) is 7.11 Å². The predicted octanol–water partition coefficient (Wildman–Crippen LogP) is 4.65. The molecule has 1 atom stereocenters. The largest absolute Gasteiger partial charge is 0.497 e. The number of halogens is 1. The molecule has 1 aromatic carbocycles. The molecule has 3 heteroatoms. The zero-order valence-corrected chi connectivity index (χ0v) is 11.5. The molecule has 0 amide bonds. The summed E-state index contributed by atoms with van der Waals surface area (Å²) < 4.78 is 5.14. The molecular formula is C14H15ClOS. The fourth-order valence-corrected chi connectivity index (χ4v) is 2.97. The summed E-state index contributed by atoms with van der Waals surface area (Å²) in [4.78, 5) is 2.58. The third-order valence-electron chi connectivity index (χ3n) is 2.69. The Morgan fingerprint density at radius 1 is 1.18 bits per heavy atom. The Bertz CT molecular complexity index is 475. The van der Waals surface area contributed by atoms with Crippen LogP contribution in [0.15, 0.2) is 36.4 Å². The van der Waals surface area contributed by atoms with Gasteiger partial charge in [0, 0.05) is 9.75 Å². The summed E-state index contributed by atoms with van der Waals surface area (Å²) in [7, 11) is 1.67. The quantitative estimate of drug-likeness (QED) is 0.732. The van der Waals surface area contributed by atoms with Crippen molar-refractivity contribution < 1.29 is 4.74 Å². The van der Waals surface area contributed by atoms with Gasteiger partial charge in [0.15, 0.2) is 0 Å². The lowest BCUT2D eigenvalue weighted by Gasteiger charge is -2.08. The summed E-state index contributed by atoms with van der Waals surface area (Å²) >= 11 is 8.25. The molecule has 0 saturated carbocycles. The van der Waals surface area contributed by atoms with Gasteiger partial charge in [-0.3, -0.25) is 0 Å². The van der Waals surface area contributed by atoms with E-state index in [0.29, 0.717) is 0 Å². The number of ether oxygens (including phenoxy) is 1. The van der Waals surface area contributed by atoms with Crippen molar-refractivity contribution in [3.63, 3.8) is 0 Å². The van der Waals surface area contributed by atoms with E-state index in [1.165, 1.54) is 9.75 Å². The Balaban J connectivity index is 2.20. The molecule has 0 fully saturated rings. The molecule has 1 heterocycles. The molecule has 2 rings (SSSR count). The highest BCUT2D eigenvalue weighted by Crippen LogP contribution is 2.34. The number of rotatable bonds is 4. The van der Waals surface area contributed by atoms with Gasteiger partial charge in [0.05, 0.1) is 12.5 Å². The van der Waals surface area contributed by atoms with Gasteiger partial charge in [-0.1, -0.05) is 19.1 Å². The third-order valence-corrected chi connectivity index (χ3v) is 4.60. The van der Waals surface area contributed by atoms with Gasteiger partial charge >= 0.3 is 0 Å². The minimum Gasteiger partial charge on any atom is -0.497 e. The molecule has 0 aliphatic carbocycles. The highest BCUT2D eigenvalue weighted by atomic mass is 35.5. The normalized spacial score (nSPS) is 12.4. The number of methoxy groups -OCH3 is 1. The van der Waals surface area contributed by atoms with Crippen molar-refractivity contribution >= 4 is 22.9 Å². The zero-order valence-electron chi connectivity index (χ0n) is 9.94. The molecule has 1 aromatic heterocycles. The van der Waals surface area contributed by atoms with Gasteiger partial charge in [0.2, 0.25) is 0 Å². The van der Waals surface area contributed by atoms with E-state index < -0.39 is 0 Å². The van der Waals surface area contributed by atoms with Crippen LogP contribution in [0.1, 0.15) is 27.6 Å². The number of benzene rings is 1. The lowest BCUT2D eigenvalue weighted by molar-refractivity contribution is 0.414. The second-order valence-electron chi connectivity index (χ2n) is 3.79. The van der Waals surface area contributed by atoms with Crippen LogP contribution in [0.4, 0.5) is 0 Å². The maximum Gasteiger partial charge on any atom is 0.118 e. The molecule has 0 aliphatic rings. The molecule has 0 bridgehead atoms. The Morgan fingerprint density at radius 3 is 2.41 bits per heavy atom. The van der Waals surface area contributed by atoms with E-state index >= 15 is 0 Å². The molecule has 2 aromatic rings. The molecule has 1 nitrogen and oxygen atoms in total. The van der Waals surface area contributed by atoms with E-state index in [2.05, 4.69) is 19.1 Å². The van der Waals surface area contributed by atoms with Gasteiger partial charge in [-0.25, -0.2) is 0 Å². The van der Waals surface area contributed by atoms with Crippen molar-refractivity contribution in [1.82, 2.24) is 0 Å². The van der Waals surface area contributed by atoms with Crippen LogP contribution in [0, 0.1) is 0 Å². The first-order chi connectivity index (χ1) is 8.24. The van der Waals surface area contributed by atoms with E-state index in [0.717, 1.165) is 17.7 Å². The topological polar surface area (TPSA) is 9.23 Å². The van der Waals surface area contributed by atoms with E-state index in [1.54, 1.807) is 18.4 Å². The van der Waals surface area contributed by atoms with Gasteiger partial charge in [0.1, 0.15) is 5.75 Å². The highest BCUT2D eigenvalue weighted by Gasteiger charge is 2.12. The van der Waals surface area contributed by atoms with E-state index in [-0.39, 0.29) is 5.38 Å². The molecule has 0 N–H and O–H groups in total. The van der Waals surface area contributed by atoms with Crippen LogP contribution in [-0.4, -0.2) is 7.11 Å². The van der Waals surface area contributed by atoms with Crippen LogP contribution in [0.2, 0.25) is 0 Å². The summed E-state index contributed by atoms with van der Waals surface area (Å²) in [5.74, 6) is 0.859. The minimum absolute atomic E-state index is 0.0637. The molecule has 0 aliphatic heterocycles. The molecule has 1 unspecified atom stereocenters. The zero-order chi connectivity index (χ0) is 12.3. The summed E-state index contributed by atoms with van der Waals surface area (Å²) in [6.07, 6.45) is 1.07. The fraction of sp³-hybridized carbons (Fsp3) is 0.286. The summed E-state index contributed by atoms with van der Waals surface area (Å²) in [5, 5.41) is -0.0637. The van der Waals surface area contributed by atoms with Crippen molar-refractivity contribution in [2.24, 2.45) is 0 Å². The van der Waals surface area contributed by atoms with Crippen molar-refractivity contribution in [2.45, 2.75) is 18.7 Å². The SMILES string of the molecule is CCc1ccc(C(Cl)c2ccc(OC)cc2)s1. The predicted molar refractivity (Wildman–Crippen MR) is 74.4 cm³/mol. The number of hydrogen-bond acceptors (Lipinski definition) is 2. The molecule has 0 spiro atoms. The van der Waals surface area contributed by atoms with Crippen LogP contribution >= 0.6 is 22.9 Å². The number of alkyl halides is 1. The summed E-state index contributed by atoms with van der Waals surface area (Å²) in [6, 6.07) is 12.2. The number of hydrogen-bond donors (Lipinski definition) is 0.